The molecular weight excluding hydrogens is 232 g/mol. The van der Waals surface area contributed by atoms with Gasteiger partial charge >= 0.3 is 0 Å². The number of H-pyrrole nitrogens is 1. The maximum Gasteiger partial charge on any atom is 0.143 e. The summed E-state index contributed by atoms with van der Waals surface area (Å²) >= 11 is 3.42. The SMILES string of the molecule is COc1cc2[nH]cc(Br)c2cc1N. The lowest BCUT2D eigenvalue weighted by molar-refractivity contribution is 0.417. The topological polar surface area (TPSA) is 51.0 Å². The van der Waals surface area contributed by atoms with Crippen molar-refractivity contribution >= 4 is 32.5 Å². The predicted molar refractivity (Wildman–Crippen MR) is 57.0 cm³/mol. The summed E-state index contributed by atoms with van der Waals surface area (Å²) in [5.74, 6) is 0.696. The zero-order valence-electron chi connectivity index (χ0n) is 7.10. The Hall–Kier alpha value is -1.16. The molecule has 13 heavy (non-hydrogen) atoms. The summed E-state index contributed by atoms with van der Waals surface area (Å²) in [5.41, 5.74) is 7.43. The lowest BCUT2D eigenvalue weighted by Gasteiger charge is -2.03. The Morgan fingerprint density at radius 2 is 2.23 bits per heavy atom. The summed E-state index contributed by atoms with van der Waals surface area (Å²) in [4.78, 5) is 3.11. The van der Waals surface area contributed by atoms with Crippen molar-refractivity contribution in [2.45, 2.75) is 0 Å². The van der Waals surface area contributed by atoms with Gasteiger partial charge in [0, 0.05) is 22.1 Å². The van der Waals surface area contributed by atoms with Gasteiger partial charge in [-0.2, -0.15) is 0 Å². The number of hydrogen-bond acceptors (Lipinski definition) is 2. The molecule has 3 N–H and O–H groups in total. The van der Waals surface area contributed by atoms with Gasteiger partial charge in [0.15, 0.2) is 0 Å². The monoisotopic (exact) mass is 240 g/mol. The molecule has 0 aliphatic rings. The van der Waals surface area contributed by atoms with Crippen LogP contribution >= 0.6 is 15.9 Å². The van der Waals surface area contributed by atoms with Gasteiger partial charge in [0.25, 0.3) is 0 Å². The van der Waals surface area contributed by atoms with Crippen LogP contribution in [0.5, 0.6) is 5.75 Å². The van der Waals surface area contributed by atoms with Crippen LogP contribution in [0.25, 0.3) is 10.9 Å². The Balaban J connectivity index is 2.76. The van der Waals surface area contributed by atoms with Gasteiger partial charge in [0.1, 0.15) is 5.75 Å². The molecule has 0 radical (unpaired) electrons. The molecule has 0 spiro atoms. The third-order valence-corrected chi connectivity index (χ3v) is 2.64. The van der Waals surface area contributed by atoms with Crippen LogP contribution in [0.2, 0.25) is 0 Å². The minimum absolute atomic E-state index is 0.648. The van der Waals surface area contributed by atoms with Gasteiger partial charge in [0.05, 0.1) is 18.3 Å². The molecule has 0 amide bonds. The van der Waals surface area contributed by atoms with E-state index in [4.69, 9.17) is 10.5 Å². The Kier molecular flexibility index (Phi) is 1.92. The van der Waals surface area contributed by atoms with Crippen LogP contribution in [0, 0.1) is 0 Å². The summed E-state index contributed by atoms with van der Waals surface area (Å²) in [6.07, 6.45) is 1.88. The van der Waals surface area contributed by atoms with Crippen LogP contribution in [-0.4, -0.2) is 12.1 Å². The van der Waals surface area contributed by atoms with E-state index in [1.807, 2.05) is 18.3 Å². The van der Waals surface area contributed by atoms with Gasteiger partial charge in [-0.05, 0) is 22.0 Å². The van der Waals surface area contributed by atoms with Crippen LogP contribution in [0.1, 0.15) is 0 Å². The number of rotatable bonds is 1. The van der Waals surface area contributed by atoms with Crippen molar-refractivity contribution in [2.24, 2.45) is 0 Å². The number of halogens is 1. The maximum absolute atomic E-state index is 5.77. The summed E-state index contributed by atoms with van der Waals surface area (Å²) in [6, 6.07) is 3.77. The number of hydrogen-bond donors (Lipinski definition) is 2. The minimum atomic E-state index is 0.648. The molecule has 0 aliphatic carbocycles. The highest BCUT2D eigenvalue weighted by Crippen LogP contribution is 2.31. The smallest absolute Gasteiger partial charge is 0.143 e. The van der Waals surface area contributed by atoms with Crippen molar-refractivity contribution in [3.05, 3.63) is 22.8 Å². The van der Waals surface area contributed by atoms with Crippen molar-refractivity contribution < 1.29 is 4.74 Å². The molecule has 0 aliphatic heterocycles. The number of nitrogen functional groups attached to an aromatic ring is 1. The van der Waals surface area contributed by atoms with Gasteiger partial charge in [-0.25, -0.2) is 0 Å². The fraction of sp³-hybridized carbons (Fsp3) is 0.111. The van der Waals surface area contributed by atoms with Gasteiger partial charge in [-0.3, -0.25) is 0 Å². The molecule has 4 heteroatoms. The zero-order valence-corrected chi connectivity index (χ0v) is 8.68. The number of anilines is 1. The molecule has 0 saturated carbocycles. The molecule has 1 aromatic carbocycles. The lowest BCUT2D eigenvalue weighted by atomic mass is 10.2. The highest BCUT2D eigenvalue weighted by atomic mass is 79.9. The van der Waals surface area contributed by atoms with Crippen molar-refractivity contribution in [1.29, 1.82) is 0 Å². The molecule has 0 atom stereocenters. The number of methoxy groups -OCH3 is 1. The second kappa shape index (κ2) is 2.96. The second-order valence-electron chi connectivity index (χ2n) is 2.78. The molecule has 3 nitrogen and oxygen atoms in total. The van der Waals surface area contributed by atoms with Gasteiger partial charge < -0.3 is 15.5 Å². The number of aromatic nitrogens is 1. The summed E-state index contributed by atoms with van der Waals surface area (Å²) < 4.78 is 6.11. The van der Waals surface area contributed by atoms with E-state index in [9.17, 15) is 0 Å². The quantitative estimate of drug-likeness (QED) is 0.753. The molecule has 68 valence electrons. The number of fused-ring (bicyclic) bond motifs is 1. The average Bonchev–Trinajstić information content (AvgIpc) is 2.47. The van der Waals surface area contributed by atoms with Crippen LogP contribution < -0.4 is 10.5 Å². The van der Waals surface area contributed by atoms with Crippen LogP contribution in [0.3, 0.4) is 0 Å². The maximum atomic E-state index is 5.77. The van der Waals surface area contributed by atoms with E-state index in [0.29, 0.717) is 11.4 Å². The van der Waals surface area contributed by atoms with Crippen molar-refractivity contribution in [3.63, 3.8) is 0 Å². The summed E-state index contributed by atoms with van der Waals surface area (Å²) in [6.45, 7) is 0. The molecule has 2 aromatic rings. The number of aromatic amines is 1. The van der Waals surface area contributed by atoms with E-state index in [1.165, 1.54) is 0 Å². The van der Waals surface area contributed by atoms with Crippen molar-refractivity contribution in [1.82, 2.24) is 4.98 Å². The van der Waals surface area contributed by atoms with Crippen LogP contribution in [-0.2, 0) is 0 Å². The van der Waals surface area contributed by atoms with Gasteiger partial charge in [-0.15, -0.1) is 0 Å². The zero-order chi connectivity index (χ0) is 9.42. The fourth-order valence-corrected chi connectivity index (χ4v) is 1.75. The van der Waals surface area contributed by atoms with Crippen molar-refractivity contribution in [2.75, 3.05) is 12.8 Å². The van der Waals surface area contributed by atoms with E-state index in [-0.39, 0.29) is 0 Å². The molecule has 0 saturated heterocycles. The molecule has 0 bridgehead atoms. The third-order valence-electron chi connectivity index (χ3n) is 1.98. The highest BCUT2D eigenvalue weighted by Gasteiger charge is 2.05. The van der Waals surface area contributed by atoms with Crippen LogP contribution in [0.4, 0.5) is 5.69 Å². The van der Waals surface area contributed by atoms with Gasteiger partial charge in [0.2, 0.25) is 0 Å². The van der Waals surface area contributed by atoms with E-state index < -0.39 is 0 Å². The largest absolute Gasteiger partial charge is 0.495 e. The summed E-state index contributed by atoms with van der Waals surface area (Å²) in [7, 11) is 1.61. The first-order valence-electron chi connectivity index (χ1n) is 3.82. The molecule has 0 unspecified atom stereocenters. The molecule has 1 heterocycles. The molecule has 1 aromatic heterocycles. The third kappa shape index (κ3) is 1.27. The minimum Gasteiger partial charge on any atom is -0.495 e. The molecule has 2 rings (SSSR count). The number of nitrogens with two attached hydrogens (primary N) is 1. The van der Waals surface area contributed by atoms with E-state index in [1.54, 1.807) is 7.11 Å². The van der Waals surface area contributed by atoms with Crippen LogP contribution in [0.15, 0.2) is 22.8 Å². The Morgan fingerprint density at radius 1 is 1.46 bits per heavy atom. The second-order valence-corrected chi connectivity index (χ2v) is 3.63. The van der Waals surface area contributed by atoms with E-state index >= 15 is 0 Å². The van der Waals surface area contributed by atoms with E-state index in [0.717, 1.165) is 15.4 Å². The number of benzene rings is 1. The number of ether oxygens (including phenoxy) is 1. The highest BCUT2D eigenvalue weighted by molar-refractivity contribution is 9.10. The predicted octanol–water partition coefficient (Wildman–Crippen LogP) is 2.52. The lowest BCUT2D eigenvalue weighted by Crippen LogP contribution is -1.91. The van der Waals surface area contributed by atoms with E-state index in [2.05, 4.69) is 20.9 Å². The van der Waals surface area contributed by atoms with Gasteiger partial charge in [-0.1, -0.05) is 0 Å². The first-order chi connectivity index (χ1) is 6.22. The first-order valence-corrected chi connectivity index (χ1v) is 4.62. The average molecular weight is 241 g/mol. The normalized spacial score (nSPS) is 10.6. The Labute approximate surface area is 84.0 Å². The Morgan fingerprint density at radius 3 is 2.92 bits per heavy atom. The fourth-order valence-electron chi connectivity index (χ4n) is 1.31. The van der Waals surface area contributed by atoms with Crippen molar-refractivity contribution in [3.8, 4) is 5.75 Å². The molecule has 0 fully saturated rings. The standard InChI is InChI=1S/C9H9BrN2O/c1-13-9-3-8-5(2-7(9)11)6(10)4-12-8/h2-4,12H,11H2,1H3. The first kappa shape index (κ1) is 8.44. The molecular formula is C9H9BrN2O. The summed E-state index contributed by atoms with van der Waals surface area (Å²) in [5, 5.41) is 1.07. The number of nitrogens with one attached hydrogen (secondary N) is 1. The Bertz CT molecular complexity index is 450.